The lowest BCUT2D eigenvalue weighted by Gasteiger charge is -2.32. The summed E-state index contributed by atoms with van der Waals surface area (Å²) in [5.74, 6) is -0.686. The lowest BCUT2D eigenvalue weighted by molar-refractivity contribution is -0.137. The number of aliphatic carboxylic acids is 1. The normalized spacial score (nSPS) is 28.2. The van der Waals surface area contributed by atoms with Gasteiger partial charge in [0.1, 0.15) is 0 Å². The average molecular weight is 257 g/mol. The highest BCUT2D eigenvalue weighted by Gasteiger charge is 2.24. The Morgan fingerprint density at radius 2 is 1.83 bits per heavy atom. The molecule has 1 saturated heterocycles. The predicted octanol–water partition coefficient (Wildman–Crippen LogP) is 2.30. The third-order valence-corrected chi connectivity index (χ3v) is 3.83. The van der Waals surface area contributed by atoms with E-state index in [1.54, 1.807) is 0 Å². The number of carboxylic acids is 1. The number of aliphatic hydroxyl groups excluding tert-OH is 1. The molecule has 4 heteroatoms. The highest BCUT2D eigenvalue weighted by atomic mass is 16.4. The van der Waals surface area contributed by atoms with Gasteiger partial charge in [0.05, 0.1) is 6.10 Å². The van der Waals surface area contributed by atoms with E-state index in [0.29, 0.717) is 12.5 Å². The summed E-state index contributed by atoms with van der Waals surface area (Å²) in [6.45, 7) is 2.04. The van der Waals surface area contributed by atoms with E-state index in [9.17, 15) is 9.90 Å². The summed E-state index contributed by atoms with van der Waals surface area (Å²) in [5, 5.41) is 21.6. The SMILES string of the molecule is C[C@@H]1N[C@H](CCCCCCCC(=O)O)CC[C@@H]1O. The van der Waals surface area contributed by atoms with Crippen LogP contribution in [0, 0.1) is 0 Å². The monoisotopic (exact) mass is 257 g/mol. The van der Waals surface area contributed by atoms with Gasteiger partial charge in [-0.25, -0.2) is 0 Å². The molecule has 1 aliphatic heterocycles. The Hall–Kier alpha value is -0.610. The number of hydrogen-bond acceptors (Lipinski definition) is 3. The first-order chi connectivity index (χ1) is 8.59. The number of hydrogen-bond donors (Lipinski definition) is 3. The van der Waals surface area contributed by atoms with Crippen LogP contribution in [0.15, 0.2) is 0 Å². The fourth-order valence-corrected chi connectivity index (χ4v) is 2.61. The maximum atomic E-state index is 10.3. The first kappa shape index (κ1) is 15.4. The molecule has 1 heterocycles. The molecule has 0 amide bonds. The molecule has 0 aromatic heterocycles. The van der Waals surface area contributed by atoms with Gasteiger partial charge in [-0.3, -0.25) is 4.79 Å². The van der Waals surface area contributed by atoms with Crippen LogP contribution in [0.3, 0.4) is 0 Å². The number of nitrogens with one attached hydrogen (secondary N) is 1. The quantitative estimate of drug-likeness (QED) is 0.584. The van der Waals surface area contributed by atoms with Crippen LogP contribution in [0.5, 0.6) is 0 Å². The molecule has 4 nitrogen and oxygen atoms in total. The van der Waals surface area contributed by atoms with E-state index in [2.05, 4.69) is 5.32 Å². The van der Waals surface area contributed by atoms with Crippen LogP contribution >= 0.6 is 0 Å². The van der Waals surface area contributed by atoms with Gasteiger partial charge in [-0.1, -0.05) is 25.7 Å². The molecule has 0 unspecified atom stereocenters. The summed E-state index contributed by atoms with van der Waals surface area (Å²) in [6, 6.07) is 0.779. The Kier molecular flexibility index (Phi) is 7.28. The molecule has 1 fully saturated rings. The van der Waals surface area contributed by atoms with Crippen LogP contribution in [0.2, 0.25) is 0 Å². The molecule has 3 N–H and O–H groups in total. The largest absolute Gasteiger partial charge is 0.481 e. The molecule has 1 aliphatic rings. The van der Waals surface area contributed by atoms with Crippen LogP contribution in [-0.2, 0) is 4.79 Å². The Balaban J connectivity index is 1.93. The van der Waals surface area contributed by atoms with Crippen molar-refractivity contribution in [2.75, 3.05) is 0 Å². The topological polar surface area (TPSA) is 69.6 Å². The molecule has 0 radical (unpaired) electrons. The summed E-state index contributed by atoms with van der Waals surface area (Å²) in [4.78, 5) is 10.3. The van der Waals surface area contributed by atoms with Gasteiger partial charge in [-0.05, 0) is 32.6 Å². The smallest absolute Gasteiger partial charge is 0.303 e. The van der Waals surface area contributed by atoms with Gasteiger partial charge in [0, 0.05) is 18.5 Å². The number of rotatable bonds is 8. The fourth-order valence-electron chi connectivity index (χ4n) is 2.61. The van der Waals surface area contributed by atoms with Crippen molar-refractivity contribution in [2.45, 2.75) is 82.9 Å². The number of carbonyl (C=O) groups is 1. The van der Waals surface area contributed by atoms with Crippen molar-refractivity contribution in [3.05, 3.63) is 0 Å². The molecule has 1 rings (SSSR count). The van der Waals surface area contributed by atoms with E-state index in [1.807, 2.05) is 6.92 Å². The zero-order chi connectivity index (χ0) is 13.4. The van der Waals surface area contributed by atoms with E-state index in [1.165, 1.54) is 19.3 Å². The molecule has 0 saturated carbocycles. The van der Waals surface area contributed by atoms with E-state index >= 15 is 0 Å². The summed E-state index contributed by atoms with van der Waals surface area (Å²) in [6.07, 6.45) is 8.65. The second kappa shape index (κ2) is 8.48. The minimum atomic E-state index is -0.686. The summed E-state index contributed by atoms with van der Waals surface area (Å²) < 4.78 is 0. The first-order valence-electron chi connectivity index (χ1n) is 7.25. The van der Waals surface area contributed by atoms with Gasteiger partial charge >= 0.3 is 5.97 Å². The maximum Gasteiger partial charge on any atom is 0.303 e. The zero-order valence-corrected chi connectivity index (χ0v) is 11.4. The molecule has 18 heavy (non-hydrogen) atoms. The van der Waals surface area contributed by atoms with Gasteiger partial charge in [-0.2, -0.15) is 0 Å². The molecular formula is C14H27NO3. The van der Waals surface area contributed by atoms with E-state index in [4.69, 9.17) is 5.11 Å². The number of carboxylic acid groups (broad SMARTS) is 1. The number of unbranched alkanes of at least 4 members (excludes halogenated alkanes) is 4. The van der Waals surface area contributed by atoms with Crippen LogP contribution in [0.1, 0.15) is 64.7 Å². The second-order valence-corrected chi connectivity index (χ2v) is 5.50. The molecule has 0 spiro atoms. The van der Waals surface area contributed by atoms with Crippen LogP contribution < -0.4 is 5.32 Å². The minimum absolute atomic E-state index is 0.183. The third kappa shape index (κ3) is 6.36. The van der Waals surface area contributed by atoms with Crippen molar-refractivity contribution >= 4 is 5.97 Å². The van der Waals surface area contributed by atoms with E-state index in [0.717, 1.165) is 32.1 Å². The maximum absolute atomic E-state index is 10.3. The standard InChI is InChI=1S/C14H27NO3/c1-11-13(16)10-9-12(15-11)7-5-3-2-4-6-8-14(17)18/h11-13,15-16H,2-10H2,1H3,(H,17,18)/t11-,12+,13-/m0/s1. The Morgan fingerprint density at radius 1 is 1.17 bits per heavy atom. The van der Waals surface area contributed by atoms with Gasteiger partial charge in [-0.15, -0.1) is 0 Å². The molecular weight excluding hydrogens is 230 g/mol. The minimum Gasteiger partial charge on any atom is -0.481 e. The molecule has 3 atom stereocenters. The lowest BCUT2D eigenvalue weighted by Crippen LogP contribution is -2.48. The molecule has 106 valence electrons. The Morgan fingerprint density at radius 3 is 2.50 bits per heavy atom. The molecule has 0 aromatic carbocycles. The second-order valence-electron chi connectivity index (χ2n) is 5.50. The van der Waals surface area contributed by atoms with Crippen molar-refractivity contribution in [1.29, 1.82) is 0 Å². The van der Waals surface area contributed by atoms with Gasteiger partial charge in [0.2, 0.25) is 0 Å². The summed E-state index contributed by atoms with van der Waals surface area (Å²) >= 11 is 0. The van der Waals surface area contributed by atoms with Crippen LogP contribution in [0.4, 0.5) is 0 Å². The van der Waals surface area contributed by atoms with Crippen LogP contribution in [-0.4, -0.2) is 34.4 Å². The fraction of sp³-hybridized carbons (Fsp3) is 0.929. The molecule has 0 bridgehead atoms. The third-order valence-electron chi connectivity index (χ3n) is 3.83. The Bertz CT molecular complexity index is 245. The highest BCUT2D eigenvalue weighted by Crippen LogP contribution is 2.18. The van der Waals surface area contributed by atoms with Crippen LogP contribution in [0.25, 0.3) is 0 Å². The van der Waals surface area contributed by atoms with Crippen molar-refractivity contribution < 1.29 is 15.0 Å². The number of piperidine rings is 1. The van der Waals surface area contributed by atoms with Crippen molar-refractivity contribution in [3.63, 3.8) is 0 Å². The molecule has 0 aliphatic carbocycles. The van der Waals surface area contributed by atoms with Gasteiger partial charge in [0.25, 0.3) is 0 Å². The Labute approximate surface area is 110 Å². The first-order valence-corrected chi connectivity index (χ1v) is 7.25. The number of aliphatic hydroxyl groups is 1. The van der Waals surface area contributed by atoms with E-state index in [-0.39, 0.29) is 12.1 Å². The summed E-state index contributed by atoms with van der Waals surface area (Å²) in [7, 11) is 0. The zero-order valence-electron chi connectivity index (χ0n) is 11.4. The van der Waals surface area contributed by atoms with Crippen molar-refractivity contribution in [3.8, 4) is 0 Å². The average Bonchev–Trinajstić information content (AvgIpc) is 2.32. The highest BCUT2D eigenvalue weighted by molar-refractivity contribution is 5.66. The van der Waals surface area contributed by atoms with Gasteiger partial charge < -0.3 is 15.5 Å². The summed E-state index contributed by atoms with van der Waals surface area (Å²) in [5.41, 5.74) is 0. The van der Waals surface area contributed by atoms with Gasteiger partial charge in [0.15, 0.2) is 0 Å². The van der Waals surface area contributed by atoms with E-state index < -0.39 is 5.97 Å². The predicted molar refractivity (Wildman–Crippen MR) is 71.6 cm³/mol. The molecule has 0 aromatic rings. The van der Waals surface area contributed by atoms with Crippen molar-refractivity contribution in [2.24, 2.45) is 0 Å². The lowest BCUT2D eigenvalue weighted by atomic mass is 9.93. The van der Waals surface area contributed by atoms with Crippen molar-refractivity contribution in [1.82, 2.24) is 5.32 Å².